The molecule has 2 N–H and O–H groups in total. The molecule has 6 heteroatoms. The molecule has 2 aromatic rings. The van der Waals surface area contributed by atoms with Gasteiger partial charge in [0.25, 0.3) is 0 Å². The highest BCUT2D eigenvalue weighted by molar-refractivity contribution is 5.60. The molecule has 0 saturated carbocycles. The maximum Gasteiger partial charge on any atom is 0.220 e. The molecule has 2 heterocycles. The topological polar surface area (TPSA) is 78.9 Å². The van der Waals surface area contributed by atoms with Crippen LogP contribution in [-0.2, 0) is 6.42 Å². The van der Waals surface area contributed by atoms with E-state index in [2.05, 4.69) is 28.8 Å². The number of nitrogens with two attached hydrogens (primary N) is 1. The van der Waals surface area contributed by atoms with Gasteiger partial charge >= 0.3 is 0 Å². The van der Waals surface area contributed by atoms with Gasteiger partial charge in [0.05, 0.1) is 11.4 Å². The van der Waals surface area contributed by atoms with Crippen molar-refractivity contribution in [3.05, 3.63) is 23.8 Å². The molecule has 0 unspecified atom stereocenters. The van der Waals surface area contributed by atoms with Crippen molar-refractivity contribution in [3.63, 3.8) is 0 Å². The van der Waals surface area contributed by atoms with Crippen LogP contribution >= 0.6 is 0 Å². The molecule has 0 aromatic carbocycles. The number of aryl methyl sites for hydroxylation is 1. The number of rotatable bonds is 4. The predicted molar refractivity (Wildman–Crippen MR) is 73.6 cm³/mol. The zero-order valence-corrected chi connectivity index (χ0v) is 11.7. The van der Waals surface area contributed by atoms with Gasteiger partial charge in [-0.05, 0) is 12.0 Å². The number of nitrogens with zero attached hydrogens (tertiary/aromatic N) is 4. The largest absolute Gasteiger partial charge is 0.415 e. The number of aromatic nitrogens is 4. The smallest absolute Gasteiger partial charge is 0.220 e. The minimum Gasteiger partial charge on any atom is -0.415 e. The number of imidazole rings is 1. The van der Waals surface area contributed by atoms with Crippen LogP contribution < -0.4 is 10.6 Å². The van der Waals surface area contributed by atoms with Crippen LogP contribution in [0.3, 0.4) is 0 Å². The second-order valence-corrected chi connectivity index (χ2v) is 4.55. The van der Waals surface area contributed by atoms with E-state index in [0.29, 0.717) is 0 Å². The molecule has 0 atom stereocenters. The van der Waals surface area contributed by atoms with E-state index in [9.17, 15) is 0 Å². The third-order valence-corrected chi connectivity index (χ3v) is 2.89. The molecule has 0 spiro atoms. The lowest BCUT2D eigenvalue weighted by molar-refractivity contribution is 0.162. The average Bonchev–Trinajstić information content (AvgIpc) is 2.77. The van der Waals surface area contributed by atoms with Crippen molar-refractivity contribution in [2.24, 2.45) is 0 Å². The Balaban J connectivity index is 2.69. The van der Waals surface area contributed by atoms with Gasteiger partial charge in [0, 0.05) is 12.6 Å². The molecule has 19 heavy (non-hydrogen) atoms. The summed E-state index contributed by atoms with van der Waals surface area (Å²) in [6, 6.07) is 1.81. The quantitative estimate of drug-likeness (QED) is 0.905. The third-order valence-electron chi connectivity index (χ3n) is 2.89. The van der Waals surface area contributed by atoms with Crippen LogP contribution in [-0.4, -0.2) is 26.8 Å². The zero-order chi connectivity index (χ0) is 14.0. The summed E-state index contributed by atoms with van der Waals surface area (Å²) in [4.78, 5) is 18.3. The van der Waals surface area contributed by atoms with Gasteiger partial charge < -0.3 is 10.6 Å². The molecule has 2 aromatic heterocycles. The Morgan fingerprint density at radius 3 is 2.63 bits per heavy atom. The summed E-state index contributed by atoms with van der Waals surface area (Å²) in [6.45, 7) is 6.23. The molecule has 0 aliphatic heterocycles. The molecule has 0 bridgehead atoms. The van der Waals surface area contributed by atoms with Gasteiger partial charge in [-0.2, -0.15) is 4.73 Å². The minimum absolute atomic E-state index is 0.245. The molecular weight excluding hydrogens is 242 g/mol. The summed E-state index contributed by atoms with van der Waals surface area (Å²) in [7, 11) is 1.62. The Bertz CT molecular complexity index is 576. The third kappa shape index (κ3) is 2.38. The molecule has 102 valence electrons. The summed E-state index contributed by atoms with van der Waals surface area (Å²) < 4.78 is 1.72. The van der Waals surface area contributed by atoms with E-state index in [-0.39, 0.29) is 11.9 Å². The lowest BCUT2D eigenvalue weighted by Gasteiger charge is -2.10. The molecular formula is C13H19N5O. The minimum atomic E-state index is 0.245. The van der Waals surface area contributed by atoms with Gasteiger partial charge in [-0.1, -0.05) is 20.8 Å². The van der Waals surface area contributed by atoms with Crippen molar-refractivity contribution in [3.8, 4) is 11.4 Å². The molecule has 0 saturated heterocycles. The van der Waals surface area contributed by atoms with E-state index >= 15 is 0 Å². The highest BCUT2D eigenvalue weighted by Gasteiger charge is 2.21. The van der Waals surface area contributed by atoms with E-state index in [1.807, 2.05) is 13.0 Å². The highest BCUT2D eigenvalue weighted by atomic mass is 16.6. The van der Waals surface area contributed by atoms with Gasteiger partial charge in [0.2, 0.25) is 5.95 Å². The summed E-state index contributed by atoms with van der Waals surface area (Å²) in [5.41, 5.74) is 8.19. The van der Waals surface area contributed by atoms with Crippen molar-refractivity contribution >= 4 is 5.95 Å². The lowest BCUT2D eigenvalue weighted by atomic mass is 10.1. The van der Waals surface area contributed by atoms with Crippen molar-refractivity contribution in [1.29, 1.82) is 0 Å². The van der Waals surface area contributed by atoms with Crippen molar-refractivity contribution in [2.45, 2.75) is 33.1 Å². The van der Waals surface area contributed by atoms with Gasteiger partial charge in [0.15, 0.2) is 0 Å². The summed E-state index contributed by atoms with van der Waals surface area (Å²) >= 11 is 0. The number of nitrogen functional groups attached to an aromatic ring is 1. The first kappa shape index (κ1) is 13.3. The Kier molecular flexibility index (Phi) is 3.69. The van der Waals surface area contributed by atoms with Gasteiger partial charge in [-0.3, -0.25) is 0 Å². The maximum absolute atomic E-state index is 5.66. The normalized spacial score (nSPS) is 11.0. The van der Waals surface area contributed by atoms with E-state index in [4.69, 9.17) is 10.6 Å². The molecule has 0 aliphatic carbocycles. The molecule has 0 fully saturated rings. The molecule has 2 rings (SSSR count). The van der Waals surface area contributed by atoms with Crippen LogP contribution in [0.25, 0.3) is 11.4 Å². The van der Waals surface area contributed by atoms with Crippen LogP contribution in [0.4, 0.5) is 5.95 Å². The fourth-order valence-electron chi connectivity index (χ4n) is 2.03. The van der Waals surface area contributed by atoms with Crippen LogP contribution in [0.5, 0.6) is 0 Å². The Morgan fingerprint density at radius 1 is 1.37 bits per heavy atom. The summed E-state index contributed by atoms with van der Waals surface area (Å²) in [5.74, 6) is 1.39. The number of hydrogen-bond donors (Lipinski definition) is 1. The molecule has 0 amide bonds. The summed E-state index contributed by atoms with van der Waals surface area (Å²) in [5, 5.41) is 0. The zero-order valence-electron chi connectivity index (χ0n) is 11.7. The van der Waals surface area contributed by atoms with Crippen LogP contribution in [0.1, 0.15) is 38.2 Å². The van der Waals surface area contributed by atoms with E-state index in [1.54, 1.807) is 18.0 Å². The fourth-order valence-corrected chi connectivity index (χ4v) is 2.03. The van der Waals surface area contributed by atoms with E-state index in [1.165, 1.54) is 0 Å². The first-order chi connectivity index (χ1) is 9.08. The van der Waals surface area contributed by atoms with Crippen LogP contribution in [0, 0.1) is 0 Å². The highest BCUT2D eigenvalue weighted by Crippen LogP contribution is 2.28. The predicted octanol–water partition coefficient (Wildman–Crippen LogP) is 1.67. The van der Waals surface area contributed by atoms with Gasteiger partial charge in [0.1, 0.15) is 18.6 Å². The lowest BCUT2D eigenvalue weighted by Crippen LogP contribution is -2.12. The van der Waals surface area contributed by atoms with E-state index < -0.39 is 0 Å². The Morgan fingerprint density at radius 2 is 2.11 bits per heavy atom. The van der Waals surface area contributed by atoms with Crippen LogP contribution in [0.15, 0.2) is 12.3 Å². The van der Waals surface area contributed by atoms with Crippen LogP contribution in [0.2, 0.25) is 0 Å². The first-order valence-electron chi connectivity index (χ1n) is 6.33. The second kappa shape index (κ2) is 5.26. The molecule has 0 aliphatic rings. The first-order valence-corrected chi connectivity index (χ1v) is 6.33. The monoisotopic (exact) mass is 261 g/mol. The number of hydrogen-bond acceptors (Lipinski definition) is 5. The van der Waals surface area contributed by atoms with Gasteiger partial charge in [-0.25, -0.2) is 15.0 Å². The van der Waals surface area contributed by atoms with E-state index in [0.717, 1.165) is 29.3 Å². The fraction of sp³-hybridized carbons (Fsp3) is 0.462. The summed E-state index contributed by atoms with van der Waals surface area (Å²) in [6.07, 6.45) is 2.43. The van der Waals surface area contributed by atoms with Crippen molar-refractivity contribution in [2.75, 3.05) is 12.8 Å². The second-order valence-electron chi connectivity index (χ2n) is 4.55. The van der Waals surface area contributed by atoms with Crippen molar-refractivity contribution < 1.29 is 4.84 Å². The maximum atomic E-state index is 5.66. The Labute approximate surface area is 112 Å². The van der Waals surface area contributed by atoms with Crippen molar-refractivity contribution in [1.82, 2.24) is 19.7 Å². The Hall–Kier alpha value is -2.11. The van der Waals surface area contributed by atoms with Gasteiger partial charge in [-0.15, -0.1) is 0 Å². The molecule has 6 nitrogen and oxygen atoms in total. The SMILES string of the molecule is CCc1nc(C(C)C)c(-c2ccnc(N)n2)n1OC. The molecule has 0 radical (unpaired) electrons. The standard InChI is InChI=1S/C13H19N5O/c1-5-10-17-11(8(2)3)12(18(10)19-4)9-6-7-15-13(14)16-9/h6-8H,5H2,1-4H3,(H2,14,15,16). The average molecular weight is 261 g/mol. The number of anilines is 1.